The molecule has 2 aromatic rings. The average Bonchev–Trinajstić information content (AvgIpc) is 3.06. The summed E-state index contributed by atoms with van der Waals surface area (Å²) in [6.07, 6.45) is -0.137. The fourth-order valence-corrected chi connectivity index (χ4v) is 4.16. The summed E-state index contributed by atoms with van der Waals surface area (Å²) in [5.74, 6) is -0.634. The lowest BCUT2D eigenvalue weighted by molar-refractivity contribution is -0.124. The number of carbonyl (C=O) groups is 3. The molecule has 0 spiro atoms. The molecule has 0 radical (unpaired) electrons. The van der Waals surface area contributed by atoms with E-state index in [2.05, 4.69) is 5.10 Å². The number of fused-ring (bicyclic) bond motifs is 1. The second-order valence-corrected chi connectivity index (χ2v) is 8.35. The van der Waals surface area contributed by atoms with E-state index in [9.17, 15) is 14.4 Å². The molecular weight excluding hydrogens is 455 g/mol. The summed E-state index contributed by atoms with van der Waals surface area (Å²) >= 11 is 12.8. The smallest absolute Gasteiger partial charge is 0.255 e. The SMILES string of the molecule is CC(C)N1C(=O)Cc2ccc(Oc3c(Cl)cc(N4N=C(C#N)C(=O)CC4=O)cc3Cl)cc21. The molecule has 162 valence electrons. The zero-order valence-corrected chi connectivity index (χ0v) is 18.6. The molecule has 0 atom stereocenters. The van der Waals surface area contributed by atoms with E-state index in [1.54, 1.807) is 23.1 Å². The van der Waals surface area contributed by atoms with E-state index < -0.39 is 18.1 Å². The molecule has 0 aliphatic carbocycles. The van der Waals surface area contributed by atoms with Crippen molar-refractivity contribution in [3.63, 3.8) is 0 Å². The van der Waals surface area contributed by atoms with E-state index in [1.807, 2.05) is 19.9 Å². The molecule has 2 aliphatic rings. The van der Waals surface area contributed by atoms with Gasteiger partial charge in [-0.05, 0) is 37.6 Å². The summed E-state index contributed by atoms with van der Waals surface area (Å²) < 4.78 is 5.91. The van der Waals surface area contributed by atoms with E-state index >= 15 is 0 Å². The van der Waals surface area contributed by atoms with Gasteiger partial charge in [-0.2, -0.15) is 15.4 Å². The van der Waals surface area contributed by atoms with Crippen LogP contribution in [-0.4, -0.2) is 29.4 Å². The highest BCUT2D eigenvalue weighted by Crippen LogP contribution is 2.42. The van der Waals surface area contributed by atoms with E-state index in [4.69, 9.17) is 33.2 Å². The molecule has 2 heterocycles. The van der Waals surface area contributed by atoms with Crippen molar-refractivity contribution in [2.24, 2.45) is 5.10 Å². The number of hydrazone groups is 1. The van der Waals surface area contributed by atoms with Crippen molar-refractivity contribution in [1.29, 1.82) is 5.26 Å². The van der Waals surface area contributed by atoms with Crippen molar-refractivity contribution in [2.45, 2.75) is 32.7 Å². The molecule has 0 saturated carbocycles. The molecule has 2 amide bonds. The van der Waals surface area contributed by atoms with Gasteiger partial charge < -0.3 is 9.64 Å². The van der Waals surface area contributed by atoms with Crippen LogP contribution in [0.5, 0.6) is 11.5 Å². The summed E-state index contributed by atoms with van der Waals surface area (Å²) in [6, 6.07) is 9.78. The molecule has 10 heteroatoms. The molecule has 2 aliphatic heterocycles. The first-order chi connectivity index (χ1) is 15.2. The van der Waals surface area contributed by atoms with Crippen molar-refractivity contribution in [1.82, 2.24) is 0 Å². The Balaban J connectivity index is 1.66. The third kappa shape index (κ3) is 3.81. The summed E-state index contributed by atoms with van der Waals surface area (Å²) in [4.78, 5) is 37.9. The number of ether oxygens (including phenoxy) is 1. The zero-order chi connectivity index (χ0) is 23.2. The van der Waals surface area contributed by atoms with Crippen LogP contribution < -0.4 is 14.6 Å². The van der Waals surface area contributed by atoms with Crippen LogP contribution in [0.1, 0.15) is 25.8 Å². The number of rotatable bonds is 4. The number of benzene rings is 2. The fraction of sp³-hybridized carbons (Fsp3) is 0.227. The van der Waals surface area contributed by atoms with Crippen LogP contribution in [0.2, 0.25) is 10.0 Å². The molecule has 0 aromatic heterocycles. The Kier molecular flexibility index (Phi) is 5.63. The van der Waals surface area contributed by atoms with Gasteiger partial charge in [-0.1, -0.05) is 29.3 Å². The number of hydrogen-bond acceptors (Lipinski definition) is 6. The van der Waals surface area contributed by atoms with E-state index in [0.717, 1.165) is 16.3 Å². The number of anilines is 2. The lowest BCUT2D eigenvalue weighted by Gasteiger charge is -2.23. The molecule has 4 rings (SSSR count). The molecule has 0 N–H and O–H groups in total. The number of ketones is 1. The first-order valence-electron chi connectivity index (χ1n) is 9.66. The second-order valence-electron chi connectivity index (χ2n) is 7.53. The quantitative estimate of drug-likeness (QED) is 0.620. The largest absolute Gasteiger partial charge is 0.454 e. The molecule has 0 bridgehead atoms. The predicted molar refractivity (Wildman–Crippen MR) is 119 cm³/mol. The Morgan fingerprint density at radius 2 is 1.75 bits per heavy atom. The second kappa shape index (κ2) is 8.26. The van der Waals surface area contributed by atoms with E-state index in [0.29, 0.717) is 12.2 Å². The van der Waals surface area contributed by atoms with Crippen LogP contribution >= 0.6 is 23.2 Å². The van der Waals surface area contributed by atoms with Crippen LogP contribution in [0.4, 0.5) is 11.4 Å². The van der Waals surface area contributed by atoms with Gasteiger partial charge in [0.05, 0.1) is 34.3 Å². The van der Waals surface area contributed by atoms with Gasteiger partial charge in [0.1, 0.15) is 11.8 Å². The van der Waals surface area contributed by atoms with Crippen molar-refractivity contribution in [3.05, 3.63) is 45.9 Å². The van der Waals surface area contributed by atoms with Crippen LogP contribution in [0.15, 0.2) is 35.4 Å². The van der Waals surface area contributed by atoms with Crippen molar-refractivity contribution in [2.75, 3.05) is 9.91 Å². The van der Waals surface area contributed by atoms with Gasteiger partial charge in [0.2, 0.25) is 17.4 Å². The Hall–Kier alpha value is -3.41. The highest BCUT2D eigenvalue weighted by molar-refractivity contribution is 6.50. The van der Waals surface area contributed by atoms with Crippen molar-refractivity contribution < 1.29 is 19.1 Å². The average molecular weight is 471 g/mol. The number of halogens is 2. The van der Waals surface area contributed by atoms with Gasteiger partial charge in [0, 0.05) is 12.1 Å². The molecular formula is C22H16Cl2N4O4. The van der Waals surface area contributed by atoms with Gasteiger partial charge in [0.15, 0.2) is 5.75 Å². The van der Waals surface area contributed by atoms with Crippen LogP contribution in [-0.2, 0) is 20.8 Å². The number of Topliss-reactive ketones (excluding diaryl/α,β-unsaturated/α-hetero) is 1. The Labute approximate surface area is 193 Å². The zero-order valence-electron chi connectivity index (χ0n) is 17.1. The fourth-order valence-electron chi connectivity index (χ4n) is 3.61. The highest BCUT2D eigenvalue weighted by atomic mass is 35.5. The first-order valence-corrected chi connectivity index (χ1v) is 10.4. The maximum Gasteiger partial charge on any atom is 0.255 e. The summed E-state index contributed by atoms with van der Waals surface area (Å²) in [5.41, 5.74) is 1.50. The minimum Gasteiger partial charge on any atom is -0.454 e. The summed E-state index contributed by atoms with van der Waals surface area (Å²) in [6.45, 7) is 3.87. The van der Waals surface area contributed by atoms with E-state index in [-0.39, 0.29) is 39.1 Å². The highest BCUT2D eigenvalue weighted by Gasteiger charge is 2.31. The number of hydrogen-bond donors (Lipinski definition) is 0. The molecule has 0 saturated heterocycles. The van der Waals surface area contributed by atoms with Crippen molar-refractivity contribution >= 4 is 57.9 Å². The molecule has 32 heavy (non-hydrogen) atoms. The molecule has 2 aromatic carbocycles. The summed E-state index contributed by atoms with van der Waals surface area (Å²) in [5, 5.41) is 13.9. The third-order valence-corrected chi connectivity index (χ3v) is 5.57. The van der Waals surface area contributed by atoms with E-state index in [1.165, 1.54) is 12.1 Å². The standard InChI is InChI=1S/C22H16Cl2N4O4/c1-11(2)27-18-8-14(4-3-12(18)5-20(27)30)32-22-15(23)6-13(7-16(22)24)28-21(31)9-19(29)17(10-25)26-28/h3-4,6-8,11H,5,9H2,1-2H3. The van der Waals surface area contributed by atoms with Crippen molar-refractivity contribution in [3.8, 4) is 17.6 Å². The summed E-state index contributed by atoms with van der Waals surface area (Å²) in [7, 11) is 0. The normalized spacial score (nSPS) is 15.8. The lowest BCUT2D eigenvalue weighted by Crippen LogP contribution is -2.36. The maximum atomic E-state index is 12.3. The number of nitriles is 1. The van der Waals surface area contributed by atoms with Gasteiger partial charge in [-0.3, -0.25) is 14.4 Å². The van der Waals surface area contributed by atoms with Crippen LogP contribution in [0, 0.1) is 11.3 Å². The Bertz CT molecular complexity index is 1230. The number of nitrogens with zero attached hydrogens (tertiary/aromatic N) is 4. The lowest BCUT2D eigenvalue weighted by atomic mass is 10.1. The Morgan fingerprint density at radius 3 is 2.38 bits per heavy atom. The molecule has 0 unspecified atom stereocenters. The van der Waals surface area contributed by atoms with Crippen LogP contribution in [0.25, 0.3) is 0 Å². The van der Waals surface area contributed by atoms with Gasteiger partial charge >= 0.3 is 0 Å². The van der Waals surface area contributed by atoms with Crippen LogP contribution in [0.3, 0.4) is 0 Å². The number of amides is 2. The number of carbonyl (C=O) groups excluding carboxylic acids is 3. The van der Waals surface area contributed by atoms with Gasteiger partial charge in [0.25, 0.3) is 5.91 Å². The predicted octanol–water partition coefficient (Wildman–Crippen LogP) is 4.27. The maximum absolute atomic E-state index is 12.3. The monoisotopic (exact) mass is 470 g/mol. The van der Waals surface area contributed by atoms with Gasteiger partial charge in [-0.25, -0.2) is 0 Å². The molecule has 8 nitrogen and oxygen atoms in total. The minimum atomic E-state index is -0.642. The third-order valence-electron chi connectivity index (χ3n) is 5.01. The Morgan fingerprint density at radius 1 is 1.06 bits per heavy atom. The molecule has 0 fully saturated rings. The minimum absolute atomic E-state index is 0.00160. The van der Waals surface area contributed by atoms with Gasteiger partial charge in [-0.15, -0.1) is 0 Å². The first kappa shape index (κ1) is 21.8. The topological polar surface area (TPSA) is 103 Å².